The lowest BCUT2D eigenvalue weighted by molar-refractivity contribution is -0.266. The summed E-state index contributed by atoms with van der Waals surface area (Å²) in [5.74, 6) is -1.37. The van der Waals surface area contributed by atoms with Crippen LogP contribution >= 0.6 is 0 Å². The standard InChI is InChI=1S/C28H34F4N2O4.C2H6/c1-5-20-14-21(26(35)34-10-12-38-13-11-34)6-8-24(20)33-19(3)17-27(36,28(30,31)32)16-18(2)23-15-22(29)7-9-25(23)37-4;1-2/h5-9,14-15,18-19,33,36H,1,10-13,16-17H2,2-4H3;1-2H3. The summed E-state index contributed by atoms with van der Waals surface area (Å²) in [6, 6.07) is 7.67. The molecule has 6 nitrogen and oxygen atoms in total. The van der Waals surface area contributed by atoms with Crippen LogP contribution in [0.3, 0.4) is 0 Å². The monoisotopic (exact) mass is 568 g/mol. The van der Waals surface area contributed by atoms with Crippen LogP contribution < -0.4 is 10.1 Å². The predicted octanol–water partition coefficient (Wildman–Crippen LogP) is 6.65. The van der Waals surface area contributed by atoms with Crippen LogP contribution in [0, 0.1) is 5.82 Å². The van der Waals surface area contributed by atoms with E-state index in [1.54, 1.807) is 23.1 Å². The van der Waals surface area contributed by atoms with E-state index >= 15 is 0 Å². The Hall–Kier alpha value is -3.11. The van der Waals surface area contributed by atoms with E-state index in [0.29, 0.717) is 43.1 Å². The van der Waals surface area contributed by atoms with Crippen LogP contribution in [0.25, 0.3) is 6.08 Å². The topological polar surface area (TPSA) is 71.0 Å². The molecule has 1 heterocycles. The van der Waals surface area contributed by atoms with Crippen molar-refractivity contribution in [2.75, 3.05) is 38.7 Å². The van der Waals surface area contributed by atoms with Gasteiger partial charge in [0, 0.05) is 36.8 Å². The summed E-state index contributed by atoms with van der Waals surface area (Å²) in [7, 11) is 1.35. The van der Waals surface area contributed by atoms with Gasteiger partial charge in [-0.3, -0.25) is 4.79 Å². The molecule has 1 saturated heterocycles. The molecule has 2 N–H and O–H groups in total. The Morgan fingerprint density at radius 3 is 2.38 bits per heavy atom. The number of hydrogen-bond donors (Lipinski definition) is 2. The van der Waals surface area contributed by atoms with E-state index in [9.17, 15) is 27.5 Å². The lowest BCUT2D eigenvalue weighted by Crippen LogP contribution is -2.49. The van der Waals surface area contributed by atoms with Crippen molar-refractivity contribution in [2.24, 2.45) is 0 Å². The first-order chi connectivity index (χ1) is 18.9. The minimum absolute atomic E-state index is 0.163. The number of halogens is 4. The van der Waals surface area contributed by atoms with Crippen molar-refractivity contribution >= 4 is 17.7 Å². The molecule has 1 amide bonds. The average Bonchev–Trinajstić information content (AvgIpc) is 2.93. The summed E-state index contributed by atoms with van der Waals surface area (Å²) in [5, 5.41) is 13.9. The maximum absolute atomic E-state index is 14.2. The molecule has 3 rings (SSSR count). The second-order valence-corrected chi connectivity index (χ2v) is 9.68. The normalized spacial score (nSPS) is 16.6. The largest absolute Gasteiger partial charge is 0.496 e. The minimum Gasteiger partial charge on any atom is -0.496 e. The highest BCUT2D eigenvalue weighted by Gasteiger charge is 2.54. The van der Waals surface area contributed by atoms with Crippen LogP contribution in [0.5, 0.6) is 5.75 Å². The fourth-order valence-corrected chi connectivity index (χ4v) is 4.79. The Bertz CT molecular complexity index is 1140. The molecular formula is C30H40F4N2O4. The molecule has 0 spiro atoms. The molecule has 222 valence electrons. The van der Waals surface area contributed by atoms with E-state index < -0.39 is 42.4 Å². The molecule has 0 radical (unpaired) electrons. The highest BCUT2D eigenvalue weighted by atomic mass is 19.4. The summed E-state index contributed by atoms with van der Waals surface area (Å²) < 4.78 is 66.8. The Kier molecular flexibility index (Phi) is 12.0. The lowest BCUT2D eigenvalue weighted by Gasteiger charge is -2.35. The molecule has 0 saturated carbocycles. The Labute approximate surface area is 234 Å². The van der Waals surface area contributed by atoms with Crippen molar-refractivity contribution in [3.63, 3.8) is 0 Å². The fraction of sp³-hybridized carbons (Fsp3) is 0.500. The number of carbonyl (C=O) groups is 1. The Morgan fingerprint density at radius 1 is 1.15 bits per heavy atom. The first-order valence-electron chi connectivity index (χ1n) is 13.4. The minimum atomic E-state index is -4.94. The molecule has 3 unspecified atom stereocenters. The summed E-state index contributed by atoms with van der Waals surface area (Å²) in [4.78, 5) is 14.5. The molecule has 1 aliphatic rings. The molecule has 0 aliphatic carbocycles. The number of nitrogens with zero attached hydrogens (tertiary/aromatic N) is 1. The second-order valence-electron chi connectivity index (χ2n) is 9.68. The van der Waals surface area contributed by atoms with Crippen LogP contribution in [-0.2, 0) is 4.74 Å². The average molecular weight is 569 g/mol. The van der Waals surface area contributed by atoms with Gasteiger partial charge in [0.05, 0.1) is 20.3 Å². The maximum Gasteiger partial charge on any atom is 0.417 e. The van der Waals surface area contributed by atoms with Gasteiger partial charge in [0.15, 0.2) is 5.60 Å². The van der Waals surface area contributed by atoms with Gasteiger partial charge in [-0.2, -0.15) is 13.2 Å². The lowest BCUT2D eigenvalue weighted by atomic mass is 9.82. The van der Waals surface area contributed by atoms with Crippen LogP contribution in [0.2, 0.25) is 0 Å². The third-order valence-corrected chi connectivity index (χ3v) is 6.76. The van der Waals surface area contributed by atoms with Gasteiger partial charge in [0.1, 0.15) is 11.6 Å². The summed E-state index contributed by atoms with van der Waals surface area (Å²) >= 11 is 0. The Morgan fingerprint density at radius 2 is 1.80 bits per heavy atom. The zero-order valence-electron chi connectivity index (χ0n) is 23.8. The van der Waals surface area contributed by atoms with Crippen molar-refractivity contribution in [2.45, 2.75) is 64.3 Å². The molecule has 0 bridgehead atoms. The number of methoxy groups -OCH3 is 1. The third-order valence-electron chi connectivity index (χ3n) is 6.76. The number of rotatable bonds is 10. The van der Waals surface area contributed by atoms with Gasteiger partial charge in [-0.05, 0) is 66.8 Å². The van der Waals surface area contributed by atoms with Gasteiger partial charge in [-0.15, -0.1) is 0 Å². The fourth-order valence-electron chi connectivity index (χ4n) is 4.79. The molecule has 2 aromatic rings. The molecule has 2 aromatic carbocycles. The number of anilines is 1. The van der Waals surface area contributed by atoms with Crippen molar-refractivity contribution < 1.29 is 36.9 Å². The van der Waals surface area contributed by atoms with E-state index in [1.165, 1.54) is 33.1 Å². The molecule has 0 aromatic heterocycles. The van der Waals surface area contributed by atoms with Crippen molar-refractivity contribution in [1.82, 2.24) is 4.90 Å². The quantitative estimate of drug-likeness (QED) is 0.314. The molecule has 1 fully saturated rings. The second kappa shape index (κ2) is 14.5. The number of morpholine rings is 1. The number of benzene rings is 2. The van der Waals surface area contributed by atoms with Gasteiger partial charge >= 0.3 is 6.18 Å². The third kappa shape index (κ3) is 8.20. The van der Waals surface area contributed by atoms with Crippen LogP contribution in [0.1, 0.15) is 67.9 Å². The molecule has 10 heteroatoms. The summed E-state index contributed by atoms with van der Waals surface area (Å²) in [5.41, 5.74) is -1.36. The first-order valence-corrected chi connectivity index (χ1v) is 13.4. The number of carbonyl (C=O) groups excluding carboxylic acids is 1. The number of ether oxygens (including phenoxy) is 2. The highest BCUT2D eigenvalue weighted by Crippen LogP contribution is 2.43. The van der Waals surface area contributed by atoms with E-state index in [2.05, 4.69) is 11.9 Å². The van der Waals surface area contributed by atoms with Crippen LogP contribution in [-0.4, -0.2) is 67.1 Å². The summed E-state index contributed by atoms with van der Waals surface area (Å²) in [6.45, 7) is 12.7. The highest BCUT2D eigenvalue weighted by molar-refractivity contribution is 5.95. The summed E-state index contributed by atoms with van der Waals surface area (Å²) in [6.07, 6.45) is -4.78. The SMILES string of the molecule is C=Cc1cc(C(=O)N2CCOCC2)ccc1NC(C)CC(O)(CC(C)c1cc(F)ccc1OC)C(F)(F)F.CC. The zero-order valence-corrected chi connectivity index (χ0v) is 23.8. The number of amides is 1. The first kappa shape index (κ1) is 33.1. The number of hydrogen-bond acceptors (Lipinski definition) is 5. The van der Waals surface area contributed by atoms with E-state index in [0.717, 1.165) is 12.1 Å². The van der Waals surface area contributed by atoms with Crippen LogP contribution in [0.4, 0.5) is 23.2 Å². The van der Waals surface area contributed by atoms with Gasteiger partial charge < -0.3 is 24.8 Å². The van der Waals surface area contributed by atoms with E-state index in [-0.39, 0.29) is 17.2 Å². The smallest absolute Gasteiger partial charge is 0.417 e. The van der Waals surface area contributed by atoms with Crippen molar-refractivity contribution in [3.05, 3.63) is 65.5 Å². The van der Waals surface area contributed by atoms with E-state index in [4.69, 9.17) is 9.47 Å². The molecule has 1 aliphatic heterocycles. The van der Waals surface area contributed by atoms with Crippen LogP contribution in [0.15, 0.2) is 43.0 Å². The van der Waals surface area contributed by atoms with Gasteiger partial charge in [-0.25, -0.2) is 4.39 Å². The van der Waals surface area contributed by atoms with E-state index in [1.807, 2.05) is 13.8 Å². The maximum atomic E-state index is 14.2. The number of nitrogens with one attached hydrogen (secondary N) is 1. The molecule has 40 heavy (non-hydrogen) atoms. The predicted molar refractivity (Wildman–Crippen MR) is 149 cm³/mol. The molecule has 3 atom stereocenters. The molecular weight excluding hydrogens is 528 g/mol. The van der Waals surface area contributed by atoms with Crippen molar-refractivity contribution in [1.29, 1.82) is 0 Å². The van der Waals surface area contributed by atoms with Gasteiger partial charge in [0.2, 0.25) is 0 Å². The number of aliphatic hydroxyl groups is 1. The van der Waals surface area contributed by atoms with Gasteiger partial charge in [0.25, 0.3) is 5.91 Å². The zero-order chi connectivity index (χ0) is 30.1. The van der Waals surface area contributed by atoms with Gasteiger partial charge in [-0.1, -0.05) is 33.4 Å². The Balaban J connectivity index is 0.00000274. The number of alkyl halides is 3. The van der Waals surface area contributed by atoms with Crippen molar-refractivity contribution in [3.8, 4) is 5.75 Å².